The molecule has 2 aromatic rings. The predicted molar refractivity (Wildman–Crippen MR) is 116 cm³/mol. The normalized spacial score (nSPS) is 13.3. The molecule has 2 aromatic carbocycles. The molecule has 0 aliphatic carbocycles. The molecule has 3 rings (SSSR count). The summed E-state index contributed by atoms with van der Waals surface area (Å²) in [5, 5.41) is 6.32. The standard InChI is InChI=1S/C23H28F2N4O2/c1-2-26-23(28-14-17-8-5-6-11-20(17)31-22(24)25)27-13-7-12-21(30)29-15-18-9-3-4-10-19(18)16-29/h3-6,8-11,22H,2,7,12-16H2,1H3,(H2,26,27,28). The Morgan fingerprint density at radius 1 is 1.10 bits per heavy atom. The largest absolute Gasteiger partial charge is 0.434 e. The fraction of sp³-hybridized carbons (Fsp3) is 0.391. The number of benzene rings is 2. The molecule has 0 saturated carbocycles. The molecule has 2 N–H and O–H groups in total. The Bertz CT molecular complexity index is 880. The number of amides is 1. The van der Waals surface area contributed by atoms with Gasteiger partial charge in [-0.3, -0.25) is 4.79 Å². The van der Waals surface area contributed by atoms with Crippen molar-refractivity contribution in [1.82, 2.24) is 15.5 Å². The lowest BCUT2D eigenvalue weighted by Gasteiger charge is -2.16. The number of carbonyl (C=O) groups excluding carboxylic acids is 1. The second kappa shape index (κ2) is 11.3. The van der Waals surface area contributed by atoms with Gasteiger partial charge in [-0.05, 0) is 30.5 Å². The maximum atomic E-state index is 12.6. The SMILES string of the molecule is CCNC(=NCc1ccccc1OC(F)F)NCCCC(=O)N1Cc2ccccc2C1. The third-order valence-electron chi connectivity index (χ3n) is 4.99. The van der Waals surface area contributed by atoms with Crippen molar-refractivity contribution in [2.75, 3.05) is 13.1 Å². The highest BCUT2D eigenvalue weighted by Crippen LogP contribution is 2.23. The van der Waals surface area contributed by atoms with Gasteiger partial charge in [0.2, 0.25) is 5.91 Å². The number of hydrogen-bond acceptors (Lipinski definition) is 3. The van der Waals surface area contributed by atoms with E-state index in [1.54, 1.807) is 18.2 Å². The molecule has 166 valence electrons. The Labute approximate surface area is 181 Å². The summed E-state index contributed by atoms with van der Waals surface area (Å²) in [5.41, 5.74) is 3.00. The number of para-hydroxylation sites is 1. The van der Waals surface area contributed by atoms with E-state index >= 15 is 0 Å². The predicted octanol–water partition coefficient (Wildman–Crippen LogP) is 3.67. The van der Waals surface area contributed by atoms with E-state index in [2.05, 4.69) is 32.5 Å². The Hall–Kier alpha value is -3.16. The lowest BCUT2D eigenvalue weighted by molar-refractivity contribution is -0.131. The number of fused-ring (bicyclic) bond motifs is 1. The van der Waals surface area contributed by atoms with Crippen LogP contribution in [0, 0.1) is 0 Å². The molecule has 1 amide bonds. The van der Waals surface area contributed by atoms with Gasteiger partial charge in [0.1, 0.15) is 5.75 Å². The maximum absolute atomic E-state index is 12.6. The van der Waals surface area contributed by atoms with E-state index in [0.717, 1.165) is 0 Å². The summed E-state index contributed by atoms with van der Waals surface area (Å²) in [7, 11) is 0. The zero-order valence-electron chi connectivity index (χ0n) is 17.6. The number of rotatable bonds is 9. The van der Waals surface area contributed by atoms with Crippen LogP contribution in [0.15, 0.2) is 53.5 Å². The Morgan fingerprint density at radius 3 is 2.45 bits per heavy atom. The molecule has 8 heteroatoms. The molecule has 6 nitrogen and oxygen atoms in total. The molecular formula is C23H28F2N4O2. The first kappa shape index (κ1) is 22.5. The second-order valence-corrected chi connectivity index (χ2v) is 7.23. The summed E-state index contributed by atoms with van der Waals surface area (Å²) in [5.74, 6) is 0.822. The van der Waals surface area contributed by atoms with Crippen molar-refractivity contribution in [1.29, 1.82) is 0 Å². The molecule has 31 heavy (non-hydrogen) atoms. The van der Waals surface area contributed by atoms with Gasteiger partial charge in [-0.2, -0.15) is 8.78 Å². The van der Waals surface area contributed by atoms with Gasteiger partial charge < -0.3 is 20.3 Å². The zero-order valence-corrected chi connectivity index (χ0v) is 17.6. The van der Waals surface area contributed by atoms with Gasteiger partial charge in [-0.15, -0.1) is 0 Å². The van der Waals surface area contributed by atoms with Gasteiger partial charge in [-0.1, -0.05) is 42.5 Å². The summed E-state index contributed by atoms with van der Waals surface area (Å²) in [6.45, 7) is 1.85. The molecule has 0 fully saturated rings. The minimum atomic E-state index is -2.88. The number of carbonyl (C=O) groups is 1. The van der Waals surface area contributed by atoms with Crippen LogP contribution in [0.2, 0.25) is 0 Å². The summed E-state index contributed by atoms with van der Waals surface area (Å²) < 4.78 is 29.7. The average Bonchev–Trinajstić information content (AvgIpc) is 3.20. The van der Waals surface area contributed by atoms with Crippen molar-refractivity contribution >= 4 is 11.9 Å². The first-order valence-electron chi connectivity index (χ1n) is 10.5. The van der Waals surface area contributed by atoms with E-state index in [1.165, 1.54) is 17.2 Å². The summed E-state index contributed by atoms with van der Waals surface area (Å²) in [4.78, 5) is 18.8. The van der Waals surface area contributed by atoms with Crippen molar-refractivity contribution in [2.45, 2.75) is 46.0 Å². The van der Waals surface area contributed by atoms with Gasteiger partial charge in [-0.25, -0.2) is 4.99 Å². The fourth-order valence-electron chi connectivity index (χ4n) is 3.47. The quantitative estimate of drug-likeness (QED) is 0.362. The van der Waals surface area contributed by atoms with Crippen molar-refractivity contribution in [3.8, 4) is 5.75 Å². The molecule has 0 bridgehead atoms. The van der Waals surface area contributed by atoms with Gasteiger partial charge >= 0.3 is 6.61 Å². The molecule has 0 radical (unpaired) electrons. The molecule has 0 saturated heterocycles. The van der Waals surface area contributed by atoms with Gasteiger partial charge in [0.05, 0.1) is 6.54 Å². The van der Waals surface area contributed by atoms with Gasteiger partial charge in [0, 0.05) is 38.2 Å². The third kappa shape index (κ3) is 6.67. The van der Waals surface area contributed by atoms with Gasteiger partial charge in [0.15, 0.2) is 5.96 Å². The Morgan fingerprint density at radius 2 is 1.77 bits per heavy atom. The molecule has 1 aliphatic rings. The highest BCUT2D eigenvalue weighted by molar-refractivity contribution is 5.80. The van der Waals surface area contributed by atoms with Crippen LogP contribution in [0.4, 0.5) is 8.78 Å². The first-order valence-corrected chi connectivity index (χ1v) is 10.5. The minimum Gasteiger partial charge on any atom is -0.434 e. The smallest absolute Gasteiger partial charge is 0.387 e. The molecule has 0 atom stereocenters. The zero-order chi connectivity index (χ0) is 22.1. The highest BCUT2D eigenvalue weighted by Gasteiger charge is 2.22. The molecule has 0 unspecified atom stereocenters. The monoisotopic (exact) mass is 430 g/mol. The number of alkyl halides is 2. The van der Waals surface area contributed by atoms with Crippen LogP contribution in [0.3, 0.4) is 0 Å². The van der Waals surface area contributed by atoms with Crippen molar-refractivity contribution in [3.05, 3.63) is 65.2 Å². The highest BCUT2D eigenvalue weighted by atomic mass is 19.3. The van der Waals surface area contributed by atoms with Crippen LogP contribution in [-0.4, -0.2) is 36.5 Å². The Kier molecular flexibility index (Phi) is 8.20. The van der Waals surface area contributed by atoms with E-state index in [1.807, 2.05) is 24.0 Å². The fourth-order valence-corrected chi connectivity index (χ4v) is 3.47. The third-order valence-corrected chi connectivity index (χ3v) is 4.99. The number of nitrogens with one attached hydrogen (secondary N) is 2. The van der Waals surface area contributed by atoms with E-state index in [0.29, 0.717) is 50.5 Å². The van der Waals surface area contributed by atoms with E-state index in [-0.39, 0.29) is 18.2 Å². The topological polar surface area (TPSA) is 66.0 Å². The molecule has 0 spiro atoms. The van der Waals surface area contributed by atoms with Crippen LogP contribution < -0.4 is 15.4 Å². The van der Waals surface area contributed by atoms with Crippen molar-refractivity contribution < 1.29 is 18.3 Å². The van der Waals surface area contributed by atoms with Crippen LogP contribution in [0.1, 0.15) is 36.5 Å². The minimum absolute atomic E-state index is 0.120. The summed E-state index contributed by atoms with van der Waals surface area (Å²) in [6.07, 6.45) is 1.12. The van der Waals surface area contributed by atoms with Crippen molar-refractivity contribution in [2.24, 2.45) is 4.99 Å². The number of halogens is 2. The molecular weight excluding hydrogens is 402 g/mol. The van der Waals surface area contributed by atoms with Crippen LogP contribution >= 0.6 is 0 Å². The number of ether oxygens (including phenoxy) is 1. The van der Waals surface area contributed by atoms with E-state index in [4.69, 9.17) is 0 Å². The van der Waals surface area contributed by atoms with Crippen molar-refractivity contribution in [3.63, 3.8) is 0 Å². The first-order chi connectivity index (χ1) is 15.1. The second-order valence-electron chi connectivity index (χ2n) is 7.23. The van der Waals surface area contributed by atoms with Crippen LogP contribution in [0.25, 0.3) is 0 Å². The lowest BCUT2D eigenvalue weighted by Crippen LogP contribution is -2.38. The number of nitrogens with zero attached hydrogens (tertiary/aromatic N) is 2. The number of aliphatic imine (C=N–C) groups is 1. The van der Waals surface area contributed by atoms with E-state index in [9.17, 15) is 13.6 Å². The van der Waals surface area contributed by atoms with E-state index < -0.39 is 6.61 Å². The van der Waals surface area contributed by atoms with Crippen LogP contribution in [-0.2, 0) is 24.4 Å². The lowest BCUT2D eigenvalue weighted by atomic mass is 10.1. The molecule has 1 heterocycles. The number of hydrogen-bond donors (Lipinski definition) is 2. The average molecular weight is 430 g/mol. The molecule has 1 aliphatic heterocycles. The molecule has 0 aromatic heterocycles. The summed E-state index contributed by atoms with van der Waals surface area (Å²) >= 11 is 0. The summed E-state index contributed by atoms with van der Waals surface area (Å²) in [6, 6.07) is 14.7. The van der Waals surface area contributed by atoms with Crippen LogP contribution in [0.5, 0.6) is 5.75 Å². The number of guanidine groups is 1. The maximum Gasteiger partial charge on any atom is 0.387 e. The van der Waals surface area contributed by atoms with Gasteiger partial charge in [0.25, 0.3) is 0 Å². The Balaban J connectivity index is 1.46.